The summed E-state index contributed by atoms with van der Waals surface area (Å²) in [4.78, 5) is 5.45. The predicted molar refractivity (Wildman–Crippen MR) is 84.7 cm³/mol. The van der Waals surface area contributed by atoms with Crippen LogP contribution in [0.3, 0.4) is 0 Å². The molecule has 3 aliphatic rings. The molecule has 0 aromatic rings. The summed E-state index contributed by atoms with van der Waals surface area (Å²) in [5, 5.41) is 0. The van der Waals surface area contributed by atoms with Gasteiger partial charge in [-0.3, -0.25) is 9.80 Å². The van der Waals surface area contributed by atoms with E-state index in [1.807, 2.05) is 0 Å². The molecule has 3 fully saturated rings. The lowest BCUT2D eigenvalue weighted by Gasteiger charge is -2.48. The van der Waals surface area contributed by atoms with Crippen molar-refractivity contribution in [1.29, 1.82) is 0 Å². The molecule has 1 aliphatic carbocycles. The number of nitrogens with zero attached hydrogens (tertiary/aromatic N) is 2. The van der Waals surface area contributed by atoms with Gasteiger partial charge in [0.15, 0.2) is 0 Å². The summed E-state index contributed by atoms with van der Waals surface area (Å²) in [6, 6.07) is 1.86. The van der Waals surface area contributed by atoms with Crippen molar-refractivity contribution >= 4 is 0 Å². The first-order valence-corrected chi connectivity index (χ1v) is 8.69. The maximum Gasteiger partial charge on any atom is 0.0251 e. The topological polar surface area (TPSA) is 32.5 Å². The van der Waals surface area contributed by atoms with Gasteiger partial charge in [-0.1, -0.05) is 20.8 Å². The minimum Gasteiger partial charge on any atom is -0.326 e. The van der Waals surface area contributed by atoms with Crippen molar-refractivity contribution in [2.45, 2.75) is 71.0 Å². The normalized spacial score (nSPS) is 40.8. The Morgan fingerprint density at radius 3 is 2.45 bits per heavy atom. The van der Waals surface area contributed by atoms with E-state index in [2.05, 4.69) is 30.6 Å². The second-order valence-corrected chi connectivity index (χ2v) is 8.43. The molecule has 116 valence electrons. The van der Waals surface area contributed by atoms with Crippen LogP contribution < -0.4 is 5.73 Å². The van der Waals surface area contributed by atoms with E-state index in [1.165, 1.54) is 58.3 Å². The number of rotatable bonds is 1. The third-order valence-corrected chi connectivity index (χ3v) is 6.18. The molecule has 4 atom stereocenters. The molecule has 3 nitrogen and oxygen atoms in total. The van der Waals surface area contributed by atoms with Crippen LogP contribution in [0.15, 0.2) is 0 Å². The zero-order valence-electron chi connectivity index (χ0n) is 13.6. The molecule has 3 rings (SSSR count). The molecule has 0 aromatic carbocycles. The molecule has 0 radical (unpaired) electrons. The Kier molecular flexibility index (Phi) is 4.13. The molecule has 3 heteroatoms. The Labute approximate surface area is 124 Å². The van der Waals surface area contributed by atoms with Crippen LogP contribution in [0.4, 0.5) is 0 Å². The van der Waals surface area contributed by atoms with Crippen LogP contribution in [0.5, 0.6) is 0 Å². The van der Waals surface area contributed by atoms with Gasteiger partial charge >= 0.3 is 0 Å². The van der Waals surface area contributed by atoms with Crippen molar-refractivity contribution in [3.05, 3.63) is 0 Å². The number of fused-ring (bicyclic) bond motifs is 1. The molecular weight excluding hydrogens is 246 g/mol. The van der Waals surface area contributed by atoms with Gasteiger partial charge in [-0.2, -0.15) is 0 Å². The summed E-state index contributed by atoms with van der Waals surface area (Å²) in [5.74, 6) is 0.842. The van der Waals surface area contributed by atoms with Crippen molar-refractivity contribution in [2.75, 3.05) is 26.2 Å². The Balaban J connectivity index is 1.65. The molecule has 20 heavy (non-hydrogen) atoms. The Bertz CT molecular complexity index is 336. The van der Waals surface area contributed by atoms with Crippen LogP contribution >= 0.6 is 0 Å². The van der Waals surface area contributed by atoms with Crippen molar-refractivity contribution in [3.63, 3.8) is 0 Å². The third kappa shape index (κ3) is 2.90. The lowest BCUT2D eigenvalue weighted by molar-refractivity contribution is 0.0212. The lowest BCUT2D eigenvalue weighted by Crippen LogP contribution is -2.59. The summed E-state index contributed by atoms with van der Waals surface area (Å²) < 4.78 is 0. The lowest BCUT2D eigenvalue weighted by atomic mass is 9.69. The first-order valence-electron chi connectivity index (χ1n) is 8.69. The van der Waals surface area contributed by atoms with Crippen molar-refractivity contribution < 1.29 is 0 Å². The maximum atomic E-state index is 6.50. The zero-order valence-corrected chi connectivity index (χ0v) is 13.6. The van der Waals surface area contributed by atoms with Gasteiger partial charge in [0.1, 0.15) is 0 Å². The monoisotopic (exact) mass is 279 g/mol. The molecule has 4 unspecified atom stereocenters. The highest BCUT2D eigenvalue weighted by molar-refractivity contribution is 4.96. The van der Waals surface area contributed by atoms with E-state index in [4.69, 9.17) is 5.73 Å². The average Bonchev–Trinajstić information content (AvgIpc) is 2.85. The fourth-order valence-corrected chi connectivity index (χ4v) is 4.69. The van der Waals surface area contributed by atoms with Gasteiger partial charge in [0.25, 0.3) is 0 Å². The standard InChI is InChI=1S/C17H33N3/c1-17(2,3)13-6-7-15(18)16(11-13)20-10-9-19-8-4-5-14(19)12-20/h13-16H,4-12,18H2,1-3H3. The Morgan fingerprint density at radius 2 is 1.70 bits per heavy atom. The van der Waals surface area contributed by atoms with E-state index in [9.17, 15) is 0 Å². The van der Waals surface area contributed by atoms with E-state index in [0.29, 0.717) is 17.5 Å². The molecule has 2 N–H and O–H groups in total. The second-order valence-electron chi connectivity index (χ2n) is 8.43. The van der Waals surface area contributed by atoms with E-state index in [-0.39, 0.29) is 0 Å². The van der Waals surface area contributed by atoms with Crippen molar-refractivity contribution in [1.82, 2.24) is 9.80 Å². The molecule has 2 saturated heterocycles. The molecule has 0 spiro atoms. The number of hydrogen-bond acceptors (Lipinski definition) is 3. The zero-order chi connectivity index (χ0) is 14.3. The van der Waals surface area contributed by atoms with Gasteiger partial charge in [0, 0.05) is 37.8 Å². The highest BCUT2D eigenvalue weighted by atomic mass is 15.3. The minimum absolute atomic E-state index is 0.404. The van der Waals surface area contributed by atoms with E-state index < -0.39 is 0 Å². The van der Waals surface area contributed by atoms with Crippen LogP contribution in [0.2, 0.25) is 0 Å². The molecule has 2 heterocycles. The quantitative estimate of drug-likeness (QED) is 0.799. The molecule has 0 amide bonds. The molecule has 0 aromatic heterocycles. The van der Waals surface area contributed by atoms with Crippen LogP contribution in [0.25, 0.3) is 0 Å². The molecular formula is C17H33N3. The first kappa shape index (κ1) is 14.8. The summed E-state index contributed by atoms with van der Waals surface area (Å²) in [5.41, 5.74) is 6.94. The van der Waals surface area contributed by atoms with Crippen LogP contribution in [0, 0.1) is 11.3 Å². The van der Waals surface area contributed by atoms with Crippen LogP contribution in [-0.2, 0) is 0 Å². The maximum absolute atomic E-state index is 6.50. The van der Waals surface area contributed by atoms with E-state index in [0.717, 1.165) is 12.0 Å². The second kappa shape index (κ2) is 5.58. The summed E-state index contributed by atoms with van der Waals surface area (Å²) in [7, 11) is 0. The third-order valence-electron chi connectivity index (χ3n) is 6.18. The van der Waals surface area contributed by atoms with Gasteiger partial charge < -0.3 is 5.73 Å². The average molecular weight is 279 g/mol. The fourth-order valence-electron chi connectivity index (χ4n) is 4.69. The Morgan fingerprint density at radius 1 is 0.950 bits per heavy atom. The first-order chi connectivity index (χ1) is 9.45. The molecule has 1 saturated carbocycles. The van der Waals surface area contributed by atoms with Gasteiger partial charge in [-0.25, -0.2) is 0 Å². The molecule has 0 bridgehead atoms. The molecule has 2 aliphatic heterocycles. The largest absolute Gasteiger partial charge is 0.326 e. The van der Waals surface area contributed by atoms with E-state index in [1.54, 1.807) is 0 Å². The van der Waals surface area contributed by atoms with Crippen LogP contribution in [0.1, 0.15) is 52.9 Å². The minimum atomic E-state index is 0.404. The SMILES string of the molecule is CC(C)(C)C1CCC(N)C(N2CCN3CCCC3C2)C1. The highest BCUT2D eigenvalue weighted by Crippen LogP contribution is 2.39. The predicted octanol–water partition coefficient (Wildman–Crippen LogP) is 2.31. The highest BCUT2D eigenvalue weighted by Gasteiger charge is 2.40. The number of nitrogens with two attached hydrogens (primary N) is 1. The smallest absolute Gasteiger partial charge is 0.0251 e. The number of hydrogen-bond donors (Lipinski definition) is 1. The fraction of sp³-hybridized carbons (Fsp3) is 1.00. The summed E-state index contributed by atoms with van der Waals surface area (Å²) in [6.07, 6.45) is 6.67. The van der Waals surface area contributed by atoms with E-state index >= 15 is 0 Å². The van der Waals surface area contributed by atoms with Gasteiger partial charge in [0.2, 0.25) is 0 Å². The van der Waals surface area contributed by atoms with Crippen molar-refractivity contribution in [2.24, 2.45) is 17.1 Å². The summed E-state index contributed by atoms with van der Waals surface area (Å²) >= 11 is 0. The van der Waals surface area contributed by atoms with Gasteiger partial charge in [0.05, 0.1) is 0 Å². The van der Waals surface area contributed by atoms with Gasteiger partial charge in [-0.05, 0) is 50.0 Å². The van der Waals surface area contributed by atoms with Crippen molar-refractivity contribution in [3.8, 4) is 0 Å². The summed E-state index contributed by atoms with van der Waals surface area (Å²) in [6.45, 7) is 12.3. The number of piperazine rings is 1. The van der Waals surface area contributed by atoms with Crippen LogP contribution in [-0.4, -0.2) is 54.1 Å². The Hall–Kier alpha value is -0.120. The van der Waals surface area contributed by atoms with Gasteiger partial charge in [-0.15, -0.1) is 0 Å².